The molecule has 2 aromatic heterocycles. The first-order valence-corrected chi connectivity index (χ1v) is 10.7. The minimum absolute atomic E-state index is 0.0819. The molecular weight excluding hydrogens is 428 g/mol. The van der Waals surface area contributed by atoms with Crippen LogP contribution in [-0.2, 0) is 4.74 Å². The number of aromatic nitrogens is 3. The Morgan fingerprint density at radius 1 is 1.16 bits per heavy atom. The maximum atomic E-state index is 13.5. The number of ether oxygens (including phenoxy) is 2. The summed E-state index contributed by atoms with van der Waals surface area (Å²) in [6, 6.07) is 14.5. The summed E-state index contributed by atoms with van der Waals surface area (Å²) in [6.07, 6.45) is 3.25. The van der Waals surface area contributed by atoms with Crippen LogP contribution in [0.15, 0.2) is 61.1 Å². The summed E-state index contributed by atoms with van der Waals surface area (Å²) in [5, 5.41) is 1.00. The van der Waals surface area contributed by atoms with Gasteiger partial charge in [0.05, 0.1) is 28.7 Å². The van der Waals surface area contributed by atoms with Crippen molar-refractivity contribution in [1.29, 1.82) is 0 Å². The van der Waals surface area contributed by atoms with Gasteiger partial charge in [0.2, 0.25) is 0 Å². The first-order chi connectivity index (χ1) is 15.6. The maximum Gasteiger partial charge on any atom is 0.196 e. The fourth-order valence-corrected chi connectivity index (χ4v) is 4.15. The van der Waals surface area contributed by atoms with Crippen molar-refractivity contribution in [3.05, 3.63) is 77.2 Å². The lowest BCUT2D eigenvalue weighted by atomic mass is 10.0. The number of hydrogen-bond acceptors (Lipinski definition) is 6. The zero-order chi connectivity index (χ0) is 22.1. The van der Waals surface area contributed by atoms with Crippen LogP contribution in [0.2, 0.25) is 5.02 Å². The Kier molecular flexibility index (Phi) is 5.51. The normalized spacial score (nSPS) is 16.3. The number of carbonyl (C=O) groups is 1. The van der Waals surface area contributed by atoms with Crippen LogP contribution >= 0.6 is 11.6 Å². The highest BCUT2D eigenvalue weighted by Gasteiger charge is 2.25. The molecule has 0 amide bonds. The third-order valence-electron chi connectivity index (χ3n) is 5.40. The average molecular weight is 449 g/mol. The molecule has 0 spiro atoms. The summed E-state index contributed by atoms with van der Waals surface area (Å²) in [4.78, 5) is 27.5. The number of rotatable bonds is 5. The number of nitrogens with zero attached hydrogens (tertiary/aromatic N) is 3. The minimum atomic E-state index is -0.204. The second-order valence-corrected chi connectivity index (χ2v) is 8.04. The molecule has 8 heteroatoms. The van der Waals surface area contributed by atoms with Crippen LogP contribution in [-0.4, -0.2) is 46.5 Å². The Hall–Kier alpha value is -3.42. The van der Waals surface area contributed by atoms with Gasteiger partial charge < -0.3 is 19.4 Å². The molecule has 7 nitrogen and oxygen atoms in total. The monoisotopic (exact) mass is 448 g/mol. The van der Waals surface area contributed by atoms with Gasteiger partial charge in [0.15, 0.2) is 5.78 Å². The maximum absolute atomic E-state index is 13.5. The smallest absolute Gasteiger partial charge is 0.196 e. The molecule has 2 aromatic carbocycles. The molecule has 3 heterocycles. The van der Waals surface area contributed by atoms with Crippen molar-refractivity contribution in [2.45, 2.75) is 13.0 Å². The van der Waals surface area contributed by atoms with E-state index in [0.717, 1.165) is 5.82 Å². The highest BCUT2D eigenvalue weighted by molar-refractivity contribution is 6.35. The van der Waals surface area contributed by atoms with Gasteiger partial charge in [-0.25, -0.2) is 9.97 Å². The standard InChI is InChI=1S/C24H21ClN4O3/c1-15-13-29(9-10-31-15)24-21-19(12-26-23(21)27-14-28-24)22(30)18-8-7-17(11-20(18)25)32-16-5-3-2-4-6-16/h2-8,11-12,14-15H,9-10,13H2,1H3,(H,26,27,28). The number of ketones is 1. The quantitative estimate of drug-likeness (QED) is 0.439. The SMILES string of the molecule is CC1CN(c2ncnc3[nH]cc(C(=O)c4ccc(Oc5ccccc5)cc4Cl)c23)CCO1. The van der Waals surface area contributed by atoms with Gasteiger partial charge in [-0.05, 0) is 31.2 Å². The Labute approximate surface area is 190 Å². The zero-order valence-corrected chi connectivity index (χ0v) is 18.2. The zero-order valence-electron chi connectivity index (χ0n) is 17.4. The molecule has 1 saturated heterocycles. The molecule has 1 N–H and O–H groups in total. The van der Waals surface area contributed by atoms with Gasteiger partial charge in [-0.2, -0.15) is 0 Å². The van der Waals surface area contributed by atoms with E-state index in [9.17, 15) is 4.79 Å². The number of carbonyl (C=O) groups excluding carboxylic acids is 1. The third kappa shape index (κ3) is 3.92. The fourth-order valence-electron chi connectivity index (χ4n) is 3.89. The van der Waals surface area contributed by atoms with E-state index in [1.165, 1.54) is 6.33 Å². The molecule has 1 aliphatic rings. The van der Waals surface area contributed by atoms with E-state index in [1.807, 2.05) is 37.3 Å². The minimum Gasteiger partial charge on any atom is -0.457 e. The first-order valence-electron chi connectivity index (χ1n) is 10.4. The van der Waals surface area contributed by atoms with Gasteiger partial charge in [0.1, 0.15) is 29.3 Å². The van der Waals surface area contributed by atoms with Crippen molar-refractivity contribution in [3.63, 3.8) is 0 Å². The van der Waals surface area contributed by atoms with Crippen molar-refractivity contribution >= 4 is 34.2 Å². The molecule has 1 atom stereocenters. The number of H-pyrrole nitrogens is 1. The van der Waals surface area contributed by atoms with Gasteiger partial charge in [0, 0.05) is 30.9 Å². The van der Waals surface area contributed by atoms with E-state index in [4.69, 9.17) is 21.1 Å². The van der Waals surface area contributed by atoms with Crippen molar-refractivity contribution in [1.82, 2.24) is 15.0 Å². The number of anilines is 1. The number of halogens is 1. The highest BCUT2D eigenvalue weighted by Crippen LogP contribution is 2.32. The number of fused-ring (bicyclic) bond motifs is 1. The topological polar surface area (TPSA) is 80.3 Å². The summed E-state index contributed by atoms with van der Waals surface area (Å²) >= 11 is 6.50. The fraction of sp³-hybridized carbons (Fsp3) is 0.208. The predicted molar refractivity (Wildman–Crippen MR) is 123 cm³/mol. The van der Waals surface area contributed by atoms with Gasteiger partial charge in [-0.3, -0.25) is 4.79 Å². The summed E-state index contributed by atoms with van der Waals surface area (Å²) in [5.74, 6) is 1.77. The predicted octanol–water partition coefficient (Wildman–Crippen LogP) is 4.86. The Morgan fingerprint density at radius 3 is 2.78 bits per heavy atom. The Bertz CT molecular complexity index is 1270. The van der Waals surface area contributed by atoms with E-state index >= 15 is 0 Å². The lowest BCUT2D eigenvalue weighted by molar-refractivity contribution is 0.0530. The van der Waals surface area contributed by atoms with Gasteiger partial charge in [0.25, 0.3) is 0 Å². The molecule has 1 unspecified atom stereocenters. The molecule has 162 valence electrons. The van der Waals surface area contributed by atoms with Crippen LogP contribution in [0.4, 0.5) is 5.82 Å². The molecule has 1 aliphatic heterocycles. The molecule has 1 fully saturated rings. The van der Waals surface area contributed by atoms with Crippen LogP contribution in [0.3, 0.4) is 0 Å². The second-order valence-electron chi connectivity index (χ2n) is 7.64. The average Bonchev–Trinajstić information content (AvgIpc) is 3.24. The molecule has 32 heavy (non-hydrogen) atoms. The highest BCUT2D eigenvalue weighted by atomic mass is 35.5. The molecule has 0 radical (unpaired) electrons. The van der Waals surface area contributed by atoms with E-state index in [0.29, 0.717) is 58.4 Å². The third-order valence-corrected chi connectivity index (χ3v) is 5.71. The first kappa shape index (κ1) is 20.5. The van der Waals surface area contributed by atoms with Crippen molar-refractivity contribution < 1.29 is 14.3 Å². The summed E-state index contributed by atoms with van der Waals surface area (Å²) in [7, 11) is 0. The van der Waals surface area contributed by atoms with E-state index in [1.54, 1.807) is 24.4 Å². The molecule has 4 aromatic rings. The van der Waals surface area contributed by atoms with E-state index in [-0.39, 0.29) is 11.9 Å². The number of morpholine rings is 1. The lowest BCUT2D eigenvalue weighted by Crippen LogP contribution is -2.41. The van der Waals surface area contributed by atoms with Crippen LogP contribution in [0.25, 0.3) is 11.0 Å². The molecule has 0 saturated carbocycles. The van der Waals surface area contributed by atoms with Gasteiger partial charge in [-0.1, -0.05) is 29.8 Å². The number of hydrogen-bond donors (Lipinski definition) is 1. The van der Waals surface area contributed by atoms with Crippen molar-refractivity contribution in [2.24, 2.45) is 0 Å². The summed E-state index contributed by atoms with van der Waals surface area (Å²) in [6.45, 7) is 4.01. The summed E-state index contributed by atoms with van der Waals surface area (Å²) in [5.41, 5.74) is 1.48. The van der Waals surface area contributed by atoms with E-state index < -0.39 is 0 Å². The number of aromatic amines is 1. The molecule has 0 aliphatic carbocycles. The van der Waals surface area contributed by atoms with Gasteiger partial charge in [-0.15, -0.1) is 0 Å². The Balaban J connectivity index is 1.48. The van der Waals surface area contributed by atoms with Crippen LogP contribution in [0.5, 0.6) is 11.5 Å². The number of nitrogens with one attached hydrogen (secondary N) is 1. The van der Waals surface area contributed by atoms with E-state index in [2.05, 4.69) is 19.9 Å². The number of benzene rings is 2. The molecular formula is C24H21ClN4O3. The summed E-state index contributed by atoms with van der Waals surface area (Å²) < 4.78 is 11.5. The van der Waals surface area contributed by atoms with Crippen LogP contribution in [0.1, 0.15) is 22.8 Å². The largest absolute Gasteiger partial charge is 0.457 e. The Morgan fingerprint density at radius 2 is 2.00 bits per heavy atom. The lowest BCUT2D eigenvalue weighted by Gasteiger charge is -2.32. The van der Waals surface area contributed by atoms with Gasteiger partial charge >= 0.3 is 0 Å². The van der Waals surface area contributed by atoms with Crippen molar-refractivity contribution in [2.75, 3.05) is 24.6 Å². The second kappa shape index (κ2) is 8.61. The molecule has 0 bridgehead atoms. The van der Waals surface area contributed by atoms with Crippen molar-refractivity contribution in [3.8, 4) is 11.5 Å². The van der Waals surface area contributed by atoms with Crippen LogP contribution < -0.4 is 9.64 Å². The molecule has 5 rings (SSSR count). The number of para-hydroxylation sites is 1. The van der Waals surface area contributed by atoms with Crippen LogP contribution in [0, 0.1) is 0 Å².